The number of para-hydroxylation sites is 1. The summed E-state index contributed by atoms with van der Waals surface area (Å²) in [4.78, 5) is 23.1. The minimum atomic E-state index is -3.79. The summed E-state index contributed by atoms with van der Waals surface area (Å²) in [5, 5.41) is 8.15. The van der Waals surface area contributed by atoms with Gasteiger partial charge in [-0.1, -0.05) is 29.8 Å². The van der Waals surface area contributed by atoms with Crippen molar-refractivity contribution in [2.75, 3.05) is 10.0 Å². The van der Waals surface area contributed by atoms with Crippen molar-refractivity contribution in [3.05, 3.63) is 87.3 Å². The van der Waals surface area contributed by atoms with Gasteiger partial charge in [-0.05, 0) is 84.8 Å². The van der Waals surface area contributed by atoms with E-state index in [1.807, 2.05) is 32.0 Å². The van der Waals surface area contributed by atoms with Crippen LogP contribution in [0, 0.1) is 18.8 Å². The maximum atomic E-state index is 12.8. The number of thiocarbonyl (C=S) groups is 1. The van der Waals surface area contributed by atoms with E-state index in [2.05, 4.69) is 20.5 Å². The third-order valence-corrected chi connectivity index (χ3v) is 6.56. The minimum Gasteiger partial charge on any atom is -0.332 e. The van der Waals surface area contributed by atoms with Crippen LogP contribution in [0.2, 0.25) is 5.02 Å². The van der Waals surface area contributed by atoms with Gasteiger partial charge < -0.3 is 5.32 Å². The van der Waals surface area contributed by atoms with Crippen molar-refractivity contribution in [3.63, 3.8) is 0 Å². The Balaban J connectivity index is 1.67. The third-order valence-electron chi connectivity index (χ3n) is 4.67. The number of anilines is 2. The Labute approximate surface area is 201 Å². The van der Waals surface area contributed by atoms with Crippen molar-refractivity contribution in [3.8, 4) is 0 Å². The maximum absolute atomic E-state index is 12.8. The van der Waals surface area contributed by atoms with E-state index in [1.54, 1.807) is 0 Å². The number of nitrogens with zero attached hydrogens (tertiary/aromatic N) is 1. The highest BCUT2D eigenvalue weighted by Gasteiger charge is 2.17. The van der Waals surface area contributed by atoms with Crippen molar-refractivity contribution >= 4 is 61.9 Å². The number of rotatable bonds is 6. The van der Waals surface area contributed by atoms with Gasteiger partial charge in [-0.2, -0.15) is 0 Å². The molecule has 0 fully saturated rings. The molecule has 11 heteroatoms. The van der Waals surface area contributed by atoms with Crippen molar-refractivity contribution in [1.29, 1.82) is 0 Å². The predicted octanol–water partition coefficient (Wildman–Crippen LogP) is 5.28. The fraction of sp³-hybridized carbons (Fsp3) is 0.0909. The van der Waals surface area contributed by atoms with E-state index in [0.717, 1.165) is 11.1 Å². The van der Waals surface area contributed by atoms with Crippen molar-refractivity contribution in [1.82, 2.24) is 5.32 Å². The summed E-state index contributed by atoms with van der Waals surface area (Å²) in [6.07, 6.45) is 0. The van der Waals surface area contributed by atoms with E-state index in [4.69, 9.17) is 23.8 Å². The van der Waals surface area contributed by atoms with Crippen LogP contribution < -0.4 is 15.4 Å². The quantitative estimate of drug-likeness (QED) is 0.312. The molecule has 0 aliphatic heterocycles. The number of nitrogens with one attached hydrogen (secondary N) is 3. The number of hydrogen-bond acceptors (Lipinski definition) is 6. The molecule has 33 heavy (non-hydrogen) atoms. The van der Waals surface area contributed by atoms with Crippen LogP contribution in [0.4, 0.5) is 17.1 Å². The molecule has 0 aromatic heterocycles. The molecule has 3 N–H and O–H groups in total. The molecule has 3 aromatic rings. The van der Waals surface area contributed by atoms with Crippen LogP contribution in [0.25, 0.3) is 0 Å². The number of sulfonamides is 1. The van der Waals surface area contributed by atoms with Gasteiger partial charge in [0.05, 0.1) is 15.6 Å². The van der Waals surface area contributed by atoms with Crippen molar-refractivity contribution in [2.45, 2.75) is 18.7 Å². The largest absolute Gasteiger partial charge is 0.332 e. The molecule has 3 aromatic carbocycles. The first-order valence-electron chi connectivity index (χ1n) is 9.55. The first-order valence-corrected chi connectivity index (χ1v) is 11.8. The molecule has 0 saturated carbocycles. The Hall–Kier alpha value is -3.34. The predicted molar refractivity (Wildman–Crippen MR) is 134 cm³/mol. The molecule has 0 saturated heterocycles. The summed E-state index contributed by atoms with van der Waals surface area (Å²) in [6.45, 7) is 3.65. The Morgan fingerprint density at radius 3 is 2.24 bits per heavy atom. The molecule has 0 aliphatic carbocycles. The highest BCUT2D eigenvalue weighted by Crippen LogP contribution is 2.26. The number of benzene rings is 3. The molecule has 8 nitrogen and oxygen atoms in total. The molecule has 0 atom stereocenters. The average Bonchev–Trinajstić information content (AvgIpc) is 2.77. The standard InChI is InChI=1S/C22H19ClN4O4S2/c1-13-4-3-5-14(2)20(13)27-33(30,31)17-9-7-16(8-10-17)24-22(32)25-21(28)15-6-11-18(23)19(12-15)26-29/h3-12,27H,1-2H3,(H2,24,25,28,32). The SMILES string of the molecule is Cc1cccc(C)c1NS(=O)(=O)c1ccc(NC(=S)NC(=O)c2ccc(Cl)c(N=O)c2)cc1. The van der Waals surface area contributed by atoms with Gasteiger partial charge in [0.2, 0.25) is 0 Å². The van der Waals surface area contributed by atoms with Gasteiger partial charge in [0, 0.05) is 11.3 Å². The molecule has 0 spiro atoms. The van der Waals surface area contributed by atoms with E-state index >= 15 is 0 Å². The summed E-state index contributed by atoms with van der Waals surface area (Å²) in [5.41, 5.74) is 2.73. The van der Waals surface area contributed by atoms with Crippen LogP contribution in [0.5, 0.6) is 0 Å². The molecule has 0 aliphatic rings. The normalized spacial score (nSPS) is 10.9. The highest BCUT2D eigenvalue weighted by molar-refractivity contribution is 7.92. The molecule has 0 heterocycles. The summed E-state index contributed by atoms with van der Waals surface area (Å²) in [5.74, 6) is -0.564. The molecule has 0 bridgehead atoms. The Morgan fingerprint density at radius 1 is 1.00 bits per heavy atom. The van der Waals surface area contributed by atoms with Crippen LogP contribution in [-0.4, -0.2) is 19.4 Å². The van der Waals surface area contributed by atoms with Gasteiger partial charge in [-0.25, -0.2) is 8.42 Å². The summed E-state index contributed by atoms with van der Waals surface area (Å²) < 4.78 is 28.1. The Morgan fingerprint density at radius 2 is 1.64 bits per heavy atom. The second-order valence-electron chi connectivity index (χ2n) is 7.06. The molecule has 3 rings (SSSR count). The number of aryl methyl sites for hydroxylation is 2. The first kappa shape index (κ1) is 24.3. The number of carbonyl (C=O) groups excluding carboxylic acids is 1. The second-order valence-corrected chi connectivity index (χ2v) is 9.56. The third kappa shape index (κ3) is 5.92. The fourth-order valence-corrected chi connectivity index (χ4v) is 4.51. The fourth-order valence-electron chi connectivity index (χ4n) is 2.95. The minimum absolute atomic E-state index is 0.0140. The number of hydrogen-bond donors (Lipinski definition) is 3. The van der Waals surface area contributed by atoms with Crippen molar-refractivity contribution < 1.29 is 13.2 Å². The van der Waals surface area contributed by atoms with E-state index in [-0.39, 0.29) is 26.3 Å². The summed E-state index contributed by atoms with van der Waals surface area (Å²) >= 11 is 10.9. The van der Waals surface area contributed by atoms with Gasteiger partial charge in [-0.15, -0.1) is 4.91 Å². The molecule has 1 amide bonds. The lowest BCUT2D eigenvalue weighted by Gasteiger charge is -2.14. The molecular weight excluding hydrogens is 484 g/mol. The zero-order valence-electron chi connectivity index (χ0n) is 17.5. The zero-order chi connectivity index (χ0) is 24.2. The first-order chi connectivity index (χ1) is 15.6. The second kappa shape index (κ2) is 10.1. The van der Waals surface area contributed by atoms with E-state index in [0.29, 0.717) is 11.4 Å². The van der Waals surface area contributed by atoms with Gasteiger partial charge >= 0.3 is 0 Å². The van der Waals surface area contributed by atoms with Crippen LogP contribution in [0.15, 0.2) is 70.7 Å². The molecule has 0 radical (unpaired) electrons. The molecule has 170 valence electrons. The molecular formula is C22H19ClN4O4S2. The van der Waals surface area contributed by atoms with Crippen LogP contribution in [0.3, 0.4) is 0 Å². The summed E-state index contributed by atoms with van der Waals surface area (Å²) in [7, 11) is -3.79. The highest BCUT2D eigenvalue weighted by atomic mass is 35.5. The van der Waals surface area contributed by atoms with E-state index < -0.39 is 15.9 Å². The smallest absolute Gasteiger partial charge is 0.261 e. The summed E-state index contributed by atoms with van der Waals surface area (Å²) in [6, 6.07) is 15.5. The topological polar surface area (TPSA) is 117 Å². The van der Waals surface area contributed by atoms with Crippen molar-refractivity contribution in [2.24, 2.45) is 5.18 Å². The number of carbonyl (C=O) groups is 1. The van der Waals surface area contributed by atoms with E-state index in [9.17, 15) is 18.1 Å². The lowest BCUT2D eigenvalue weighted by Crippen LogP contribution is -2.34. The average molecular weight is 503 g/mol. The Kier molecular flexibility index (Phi) is 7.42. The number of nitroso groups, excluding NO2 is 1. The van der Waals surface area contributed by atoms with E-state index in [1.165, 1.54) is 42.5 Å². The van der Waals surface area contributed by atoms with Gasteiger partial charge in [0.15, 0.2) is 5.11 Å². The number of halogens is 1. The molecule has 0 unspecified atom stereocenters. The van der Waals surface area contributed by atoms with Gasteiger partial charge in [0.1, 0.15) is 5.69 Å². The Bertz CT molecular complexity index is 1320. The van der Waals surface area contributed by atoms with Crippen LogP contribution >= 0.6 is 23.8 Å². The van der Waals surface area contributed by atoms with Gasteiger partial charge in [-0.3, -0.25) is 14.8 Å². The zero-order valence-corrected chi connectivity index (χ0v) is 19.9. The van der Waals surface area contributed by atoms with Gasteiger partial charge in [0.25, 0.3) is 15.9 Å². The van der Waals surface area contributed by atoms with Crippen LogP contribution in [0.1, 0.15) is 21.5 Å². The lowest BCUT2D eigenvalue weighted by atomic mass is 10.1. The number of amides is 1. The maximum Gasteiger partial charge on any atom is 0.261 e. The monoisotopic (exact) mass is 502 g/mol. The van der Waals surface area contributed by atoms with Crippen LogP contribution in [-0.2, 0) is 10.0 Å². The lowest BCUT2D eigenvalue weighted by molar-refractivity contribution is 0.0977.